The fourth-order valence-corrected chi connectivity index (χ4v) is 4.92. The Balaban J connectivity index is 1.74. The maximum atomic E-state index is 13.3. The Hall–Kier alpha value is -3.52. The lowest BCUT2D eigenvalue weighted by Crippen LogP contribution is -2.44. The Bertz CT molecular complexity index is 1410. The quantitative estimate of drug-likeness (QED) is 0.451. The predicted molar refractivity (Wildman–Crippen MR) is 120 cm³/mol. The molecule has 0 fully saturated rings. The van der Waals surface area contributed by atoms with Crippen molar-refractivity contribution in [2.24, 2.45) is 0 Å². The maximum Gasteiger partial charge on any atom is 0.343 e. The topological polar surface area (TPSA) is 119 Å². The molecule has 170 valence electrons. The molecule has 2 aliphatic rings. The lowest BCUT2D eigenvalue weighted by molar-refractivity contribution is -0.172. The fraction of sp³-hybridized carbons (Fsp3) is 0.360. The molecule has 0 saturated heterocycles. The van der Waals surface area contributed by atoms with Crippen LogP contribution in [0.1, 0.15) is 54.5 Å². The van der Waals surface area contributed by atoms with Crippen molar-refractivity contribution in [2.45, 2.75) is 58.3 Å². The normalized spacial score (nSPS) is 18.6. The number of pyridine rings is 2. The molecule has 33 heavy (non-hydrogen) atoms. The highest BCUT2D eigenvalue weighted by atomic mass is 16.6. The Morgan fingerprint density at radius 1 is 1.21 bits per heavy atom. The van der Waals surface area contributed by atoms with Crippen LogP contribution in [0.3, 0.4) is 0 Å². The number of rotatable bonds is 5. The Morgan fingerprint density at radius 3 is 2.67 bits per heavy atom. The van der Waals surface area contributed by atoms with Gasteiger partial charge >= 0.3 is 11.9 Å². The zero-order valence-corrected chi connectivity index (χ0v) is 18.5. The number of aromatic nitrogens is 2. The molecular formula is C25H24N2O6. The molecule has 4 heterocycles. The SMILES string of the molecule is CCc1ccc(CCC(=O)O)c2cc3c(nc12)-c1cc2c(c(=O)n1C3)COC(=O)[C@]2(O)CC. The van der Waals surface area contributed by atoms with Crippen LogP contribution in [0.2, 0.25) is 0 Å². The summed E-state index contributed by atoms with van der Waals surface area (Å²) in [4.78, 5) is 41.7. The van der Waals surface area contributed by atoms with Gasteiger partial charge in [-0.3, -0.25) is 9.59 Å². The van der Waals surface area contributed by atoms with Gasteiger partial charge in [0.2, 0.25) is 0 Å². The summed E-state index contributed by atoms with van der Waals surface area (Å²) in [6.07, 6.45) is 1.25. The minimum absolute atomic E-state index is 0.0215. The standard InChI is InChI=1S/C25H24N2O6/c1-3-13-5-6-14(7-8-20(28)29)16-9-15-11-27-19(22(15)26-21(13)16)10-18-17(23(27)30)12-33-24(31)25(18,32)4-2/h5-6,9-10,32H,3-4,7-8,11-12H2,1-2H3,(H,28,29)/t25-/m0/s1. The van der Waals surface area contributed by atoms with Crippen LogP contribution in [0, 0.1) is 0 Å². The molecule has 0 aliphatic carbocycles. The van der Waals surface area contributed by atoms with Gasteiger partial charge < -0.3 is 19.5 Å². The van der Waals surface area contributed by atoms with Gasteiger partial charge in [0, 0.05) is 22.9 Å². The highest BCUT2D eigenvalue weighted by Crippen LogP contribution is 2.39. The highest BCUT2D eigenvalue weighted by molar-refractivity contribution is 5.90. The number of ether oxygens (including phenoxy) is 1. The number of aryl methyl sites for hydroxylation is 2. The Labute approximate surface area is 189 Å². The van der Waals surface area contributed by atoms with Crippen molar-refractivity contribution in [1.29, 1.82) is 0 Å². The van der Waals surface area contributed by atoms with E-state index < -0.39 is 17.5 Å². The van der Waals surface area contributed by atoms with Crippen molar-refractivity contribution in [3.05, 3.63) is 62.4 Å². The summed E-state index contributed by atoms with van der Waals surface area (Å²) in [7, 11) is 0. The van der Waals surface area contributed by atoms with Gasteiger partial charge in [0.1, 0.15) is 6.61 Å². The van der Waals surface area contributed by atoms with Crippen LogP contribution in [-0.2, 0) is 45.9 Å². The first-order valence-corrected chi connectivity index (χ1v) is 11.1. The second-order valence-corrected chi connectivity index (χ2v) is 8.63. The van der Waals surface area contributed by atoms with E-state index in [1.165, 1.54) is 0 Å². The zero-order chi connectivity index (χ0) is 23.5. The first-order valence-electron chi connectivity index (χ1n) is 11.1. The number of carboxylic acids is 1. The van der Waals surface area contributed by atoms with E-state index in [0.717, 1.165) is 34.0 Å². The van der Waals surface area contributed by atoms with Crippen molar-refractivity contribution >= 4 is 22.8 Å². The van der Waals surface area contributed by atoms with Gasteiger partial charge in [-0.15, -0.1) is 0 Å². The van der Waals surface area contributed by atoms with Crippen LogP contribution in [-0.4, -0.2) is 31.7 Å². The number of carboxylic acid groups (broad SMARTS) is 1. The second kappa shape index (κ2) is 7.52. The monoisotopic (exact) mass is 448 g/mol. The van der Waals surface area contributed by atoms with Gasteiger partial charge in [-0.1, -0.05) is 26.0 Å². The van der Waals surface area contributed by atoms with Crippen molar-refractivity contribution in [2.75, 3.05) is 0 Å². The smallest absolute Gasteiger partial charge is 0.343 e. The number of carbonyl (C=O) groups excluding carboxylic acids is 1. The largest absolute Gasteiger partial charge is 0.481 e. The predicted octanol–water partition coefficient (Wildman–Crippen LogP) is 2.66. The van der Waals surface area contributed by atoms with Gasteiger partial charge in [0.05, 0.1) is 29.0 Å². The molecule has 0 unspecified atom stereocenters. The molecular weight excluding hydrogens is 424 g/mol. The van der Waals surface area contributed by atoms with E-state index in [9.17, 15) is 19.5 Å². The lowest BCUT2D eigenvalue weighted by Gasteiger charge is -2.31. The molecule has 0 saturated carbocycles. The highest BCUT2D eigenvalue weighted by Gasteiger charge is 2.45. The van der Waals surface area contributed by atoms with Gasteiger partial charge in [-0.25, -0.2) is 9.78 Å². The molecule has 0 radical (unpaired) electrons. The van der Waals surface area contributed by atoms with E-state index in [0.29, 0.717) is 24.4 Å². The minimum atomic E-state index is -1.86. The summed E-state index contributed by atoms with van der Waals surface area (Å²) >= 11 is 0. The summed E-state index contributed by atoms with van der Waals surface area (Å²) in [6, 6.07) is 7.62. The summed E-state index contributed by atoms with van der Waals surface area (Å²) in [5, 5.41) is 21.0. The molecule has 8 nitrogen and oxygen atoms in total. The van der Waals surface area contributed by atoms with E-state index in [1.54, 1.807) is 17.6 Å². The maximum absolute atomic E-state index is 13.3. The van der Waals surface area contributed by atoms with Crippen LogP contribution >= 0.6 is 0 Å². The first-order chi connectivity index (χ1) is 15.8. The van der Waals surface area contributed by atoms with Crippen LogP contribution < -0.4 is 5.56 Å². The molecule has 5 rings (SSSR count). The van der Waals surface area contributed by atoms with E-state index in [1.807, 2.05) is 25.1 Å². The summed E-state index contributed by atoms with van der Waals surface area (Å²) < 4.78 is 6.72. The first kappa shape index (κ1) is 21.3. The number of nitrogens with zero attached hydrogens (tertiary/aromatic N) is 2. The van der Waals surface area contributed by atoms with Crippen LogP contribution in [0.25, 0.3) is 22.3 Å². The minimum Gasteiger partial charge on any atom is -0.481 e. The average molecular weight is 448 g/mol. The molecule has 1 atom stereocenters. The third kappa shape index (κ3) is 3.08. The van der Waals surface area contributed by atoms with Gasteiger partial charge in [-0.05, 0) is 42.5 Å². The van der Waals surface area contributed by atoms with E-state index >= 15 is 0 Å². The van der Waals surface area contributed by atoms with E-state index in [-0.39, 0.29) is 36.1 Å². The molecule has 2 aliphatic heterocycles. The van der Waals surface area contributed by atoms with Crippen LogP contribution in [0.15, 0.2) is 29.1 Å². The fourth-order valence-electron chi connectivity index (χ4n) is 4.92. The van der Waals surface area contributed by atoms with Crippen molar-refractivity contribution in [3.63, 3.8) is 0 Å². The molecule has 2 aromatic heterocycles. The number of fused-ring (bicyclic) bond motifs is 5. The number of benzene rings is 1. The summed E-state index contributed by atoms with van der Waals surface area (Å²) in [6.45, 7) is 3.85. The van der Waals surface area contributed by atoms with Crippen molar-refractivity contribution < 1.29 is 24.5 Å². The van der Waals surface area contributed by atoms with E-state index in [4.69, 9.17) is 14.8 Å². The molecule has 8 heteroatoms. The van der Waals surface area contributed by atoms with Gasteiger partial charge in [0.25, 0.3) is 5.56 Å². The van der Waals surface area contributed by atoms with Crippen LogP contribution in [0.5, 0.6) is 0 Å². The number of aliphatic hydroxyl groups is 1. The molecule has 0 bridgehead atoms. The summed E-state index contributed by atoms with van der Waals surface area (Å²) in [5.41, 5.74) is 3.18. The third-order valence-electron chi connectivity index (χ3n) is 6.84. The molecule has 3 aromatic rings. The molecule has 2 N–H and O–H groups in total. The molecule has 0 spiro atoms. The Morgan fingerprint density at radius 2 is 1.97 bits per heavy atom. The average Bonchev–Trinajstić information content (AvgIpc) is 3.17. The summed E-state index contributed by atoms with van der Waals surface area (Å²) in [5.74, 6) is -1.61. The number of carbonyl (C=O) groups is 2. The lowest BCUT2D eigenvalue weighted by atomic mass is 9.86. The van der Waals surface area contributed by atoms with E-state index in [2.05, 4.69) is 0 Å². The van der Waals surface area contributed by atoms with Crippen molar-refractivity contribution in [1.82, 2.24) is 9.55 Å². The Kier molecular flexibility index (Phi) is 4.86. The number of aliphatic carboxylic acids is 1. The zero-order valence-electron chi connectivity index (χ0n) is 18.5. The van der Waals surface area contributed by atoms with Crippen LogP contribution in [0.4, 0.5) is 0 Å². The third-order valence-corrected chi connectivity index (χ3v) is 6.84. The number of hydrogen-bond donors (Lipinski definition) is 2. The number of cyclic esters (lactones) is 1. The van der Waals surface area contributed by atoms with Gasteiger partial charge in [-0.2, -0.15) is 0 Å². The molecule has 0 amide bonds. The number of hydrogen-bond acceptors (Lipinski definition) is 6. The van der Waals surface area contributed by atoms with Crippen molar-refractivity contribution in [3.8, 4) is 11.4 Å². The second-order valence-electron chi connectivity index (χ2n) is 8.63. The molecule has 1 aromatic carbocycles. The van der Waals surface area contributed by atoms with Gasteiger partial charge in [0.15, 0.2) is 5.60 Å². The number of esters is 1.